The van der Waals surface area contributed by atoms with E-state index < -0.39 is 0 Å². The minimum absolute atomic E-state index is 0.233. The van der Waals surface area contributed by atoms with Gasteiger partial charge in [-0.05, 0) is 42.8 Å². The highest BCUT2D eigenvalue weighted by molar-refractivity contribution is 5.80. The second kappa shape index (κ2) is 7.81. The van der Waals surface area contributed by atoms with Crippen molar-refractivity contribution >= 4 is 16.5 Å². The van der Waals surface area contributed by atoms with E-state index in [1.165, 1.54) is 0 Å². The lowest BCUT2D eigenvalue weighted by atomic mass is 10.2. The van der Waals surface area contributed by atoms with Gasteiger partial charge in [0, 0.05) is 37.4 Å². The molecule has 30 heavy (non-hydrogen) atoms. The third kappa shape index (κ3) is 3.62. The van der Waals surface area contributed by atoms with E-state index in [-0.39, 0.29) is 6.10 Å². The second-order valence-electron chi connectivity index (χ2n) is 7.46. The van der Waals surface area contributed by atoms with Gasteiger partial charge in [0.25, 0.3) is 0 Å². The maximum Gasteiger partial charge on any atom is 0.155 e. The molecule has 0 amide bonds. The largest absolute Gasteiger partial charge is 0.492 e. The summed E-state index contributed by atoms with van der Waals surface area (Å²) in [5.74, 6) is 1.18. The van der Waals surface area contributed by atoms with Gasteiger partial charge in [-0.25, -0.2) is 4.98 Å². The predicted octanol–water partition coefficient (Wildman–Crippen LogP) is 2.48. The van der Waals surface area contributed by atoms with Gasteiger partial charge >= 0.3 is 0 Å². The smallest absolute Gasteiger partial charge is 0.155 e. The van der Waals surface area contributed by atoms with Crippen LogP contribution in [0.1, 0.15) is 6.42 Å². The van der Waals surface area contributed by atoms with Crippen LogP contribution in [0.3, 0.4) is 0 Å². The molecule has 1 atom stereocenters. The molecule has 4 aromatic rings. The van der Waals surface area contributed by atoms with Gasteiger partial charge in [0.05, 0.1) is 17.8 Å². The van der Waals surface area contributed by atoms with Gasteiger partial charge in [-0.3, -0.25) is 4.90 Å². The molecule has 0 radical (unpaired) electrons. The number of aromatic nitrogens is 2. The van der Waals surface area contributed by atoms with Crippen molar-refractivity contribution in [1.29, 1.82) is 0 Å². The molecule has 0 bridgehead atoms. The third-order valence-corrected chi connectivity index (χ3v) is 5.42. The minimum atomic E-state index is -0.233. The molecule has 5 rings (SSSR count). The molecule has 0 spiro atoms. The average Bonchev–Trinajstić information content (AvgIpc) is 3.41. The first-order valence-corrected chi connectivity index (χ1v) is 9.92. The molecule has 0 aliphatic carbocycles. The Balaban J connectivity index is 1.41. The SMILES string of the molecule is O/N=c1/cc(-c2cc3cccn3cn2)oc2ccc(OCCN3CCC(O)C3)cc12. The number of benzene rings is 1. The summed E-state index contributed by atoms with van der Waals surface area (Å²) in [5, 5.41) is 23.7. The van der Waals surface area contributed by atoms with Crippen molar-refractivity contribution in [3.8, 4) is 17.2 Å². The van der Waals surface area contributed by atoms with E-state index in [2.05, 4.69) is 15.0 Å². The Morgan fingerprint density at radius 3 is 3.00 bits per heavy atom. The van der Waals surface area contributed by atoms with Crippen molar-refractivity contribution in [2.75, 3.05) is 26.2 Å². The Kier molecular flexibility index (Phi) is 4.86. The molecule has 3 aromatic heterocycles. The summed E-state index contributed by atoms with van der Waals surface area (Å²) in [6, 6.07) is 13.0. The number of nitrogens with zero attached hydrogens (tertiary/aromatic N) is 4. The van der Waals surface area contributed by atoms with Crippen molar-refractivity contribution in [3.05, 3.63) is 60.3 Å². The van der Waals surface area contributed by atoms with Crippen molar-refractivity contribution in [2.24, 2.45) is 5.16 Å². The number of ether oxygens (including phenoxy) is 1. The van der Waals surface area contributed by atoms with Crippen LogP contribution in [0.5, 0.6) is 5.75 Å². The molecule has 1 fully saturated rings. The van der Waals surface area contributed by atoms with Crippen LogP contribution in [0.25, 0.3) is 27.9 Å². The van der Waals surface area contributed by atoms with E-state index in [0.29, 0.717) is 46.7 Å². The van der Waals surface area contributed by atoms with Gasteiger partial charge < -0.3 is 23.9 Å². The molecule has 1 aromatic carbocycles. The Bertz CT molecular complexity index is 1260. The molecule has 1 aliphatic rings. The highest BCUT2D eigenvalue weighted by atomic mass is 16.5. The van der Waals surface area contributed by atoms with E-state index in [0.717, 1.165) is 25.0 Å². The van der Waals surface area contributed by atoms with Crippen molar-refractivity contribution in [2.45, 2.75) is 12.5 Å². The van der Waals surface area contributed by atoms with Gasteiger partial charge in [-0.15, -0.1) is 0 Å². The van der Waals surface area contributed by atoms with Crippen LogP contribution in [0.2, 0.25) is 0 Å². The van der Waals surface area contributed by atoms with E-state index >= 15 is 0 Å². The fourth-order valence-corrected chi connectivity index (χ4v) is 3.83. The lowest BCUT2D eigenvalue weighted by Crippen LogP contribution is -2.27. The van der Waals surface area contributed by atoms with E-state index in [1.807, 2.05) is 34.9 Å². The second-order valence-corrected chi connectivity index (χ2v) is 7.46. The summed E-state index contributed by atoms with van der Waals surface area (Å²) >= 11 is 0. The van der Waals surface area contributed by atoms with Crippen molar-refractivity contribution < 1.29 is 19.5 Å². The third-order valence-electron chi connectivity index (χ3n) is 5.42. The van der Waals surface area contributed by atoms with E-state index in [9.17, 15) is 10.3 Å². The number of β-amino-alcohol motifs (C(OH)–C–C–N with tert-alkyl or cyclic N) is 1. The number of rotatable bonds is 5. The highest BCUT2D eigenvalue weighted by Crippen LogP contribution is 2.24. The Morgan fingerprint density at radius 2 is 2.17 bits per heavy atom. The van der Waals surface area contributed by atoms with Crippen molar-refractivity contribution in [3.63, 3.8) is 0 Å². The monoisotopic (exact) mass is 406 g/mol. The number of aliphatic hydroxyl groups excluding tert-OH is 1. The number of likely N-dealkylation sites (tertiary alicyclic amines) is 1. The van der Waals surface area contributed by atoms with E-state index in [1.54, 1.807) is 24.5 Å². The van der Waals surface area contributed by atoms with Crippen LogP contribution < -0.4 is 10.1 Å². The van der Waals surface area contributed by atoms with Crippen LogP contribution in [0.4, 0.5) is 0 Å². The van der Waals surface area contributed by atoms with Crippen LogP contribution >= 0.6 is 0 Å². The summed E-state index contributed by atoms with van der Waals surface area (Å²) in [4.78, 5) is 6.61. The number of hydrogen-bond acceptors (Lipinski definition) is 7. The molecule has 8 nitrogen and oxygen atoms in total. The summed E-state index contributed by atoms with van der Waals surface area (Å²) in [6.45, 7) is 2.85. The molecule has 1 unspecified atom stereocenters. The average molecular weight is 406 g/mol. The molecule has 2 N–H and O–H groups in total. The van der Waals surface area contributed by atoms with Crippen LogP contribution in [-0.4, -0.2) is 56.9 Å². The quantitative estimate of drug-likeness (QED) is 0.391. The Labute approximate surface area is 172 Å². The summed E-state index contributed by atoms with van der Waals surface area (Å²) in [7, 11) is 0. The first-order valence-electron chi connectivity index (χ1n) is 9.92. The minimum Gasteiger partial charge on any atom is -0.492 e. The summed E-state index contributed by atoms with van der Waals surface area (Å²) < 4.78 is 13.8. The van der Waals surface area contributed by atoms with Gasteiger partial charge in [0.2, 0.25) is 0 Å². The van der Waals surface area contributed by atoms with Gasteiger partial charge in [0.1, 0.15) is 29.0 Å². The van der Waals surface area contributed by atoms with Gasteiger partial charge in [0.15, 0.2) is 5.76 Å². The van der Waals surface area contributed by atoms with Crippen molar-refractivity contribution in [1.82, 2.24) is 14.3 Å². The van der Waals surface area contributed by atoms with Crippen LogP contribution in [0, 0.1) is 0 Å². The molecular formula is C22H22N4O4. The molecular weight excluding hydrogens is 384 g/mol. The highest BCUT2D eigenvalue weighted by Gasteiger charge is 2.19. The van der Waals surface area contributed by atoms with Crippen LogP contribution in [-0.2, 0) is 0 Å². The molecule has 1 aliphatic heterocycles. The molecule has 154 valence electrons. The van der Waals surface area contributed by atoms with Gasteiger partial charge in [-0.1, -0.05) is 5.16 Å². The maximum atomic E-state index is 9.61. The van der Waals surface area contributed by atoms with Crippen LogP contribution in [0.15, 0.2) is 64.6 Å². The number of aliphatic hydroxyl groups is 1. The number of hydrogen-bond donors (Lipinski definition) is 2. The summed E-state index contributed by atoms with van der Waals surface area (Å²) in [5.41, 5.74) is 2.22. The Hall–Kier alpha value is -3.36. The maximum absolute atomic E-state index is 9.61. The zero-order chi connectivity index (χ0) is 20.5. The molecule has 8 heteroatoms. The summed E-state index contributed by atoms with van der Waals surface area (Å²) in [6.07, 6.45) is 4.22. The molecule has 1 saturated heterocycles. The number of fused-ring (bicyclic) bond motifs is 2. The molecule has 0 saturated carbocycles. The Morgan fingerprint density at radius 1 is 1.23 bits per heavy atom. The lowest BCUT2D eigenvalue weighted by molar-refractivity contribution is 0.167. The van der Waals surface area contributed by atoms with Gasteiger partial charge in [-0.2, -0.15) is 0 Å². The predicted molar refractivity (Wildman–Crippen MR) is 110 cm³/mol. The topological polar surface area (TPSA) is 95.7 Å². The first kappa shape index (κ1) is 18.7. The molecule has 4 heterocycles. The zero-order valence-corrected chi connectivity index (χ0v) is 16.3. The first-order chi connectivity index (χ1) is 14.7. The standard InChI is InChI=1S/C22H22N4O4/c27-16-5-7-25(13-16)8-9-29-17-3-4-21-18(11-17)19(24-28)12-22(30-21)20-10-15-2-1-6-26(15)14-23-20/h1-4,6,10-12,14,16,27-28H,5,7-9,13H2/b24-19-. The lowest BCUT2D eigenvalue weighted by Gasteiger charge is -2.15. The fourth-order valence-electron chi connectivity index (χ4n) is 3.83. The normalized spacial score (nSPS) is 17.9. The van der Waals surface area contributed by atoms with E-state index in [4.69, 9.17) is 9.15 Å². The zero-order valence-electron chi connectivity index (χ0n) is 16.3. The fraction of sp³-hybridized carbons (Fsp3) is 0.273.